The van der Waals surface area contributed by atoms with Crippen molar-refractivity contribution in [2.45, 2.75) is 50.3 Å². The molecule has 1 aromatic rings. The first-order valence-corrected chi connectivity index (χ1v) is 9.39. The fourth-order valence-electron chi connectivity index (χ4n) is 2.67. The van der Waals surface area contributed by atoms with Crippen LogP contribution in [0, 0.1) is 13.8 Å². The fraction of sp³-hybridized carbons (Fsp3) is 0.769. The summed E-state index contributed by atoms with van der Waals surface area (Å²) in [6, 6.07) is 0.114. The molecule has 1 saturated heterocycles. The van der Waals surface area contributed by atoms with Crippen LogP contribution in [0.3, 0.4) is 0 Å². The number of aryl methyl sites for hydroxylation is 2. The molecule has 2 heterocycles. The number of aromatic nitrogens is 1. The molecule has 21 heavy (non-hydrogen) atoms. The Morgan fingerprint density at radius 2 is 1.95 bits per heavy atom. The summed E-state index contributed by atoms with van der Waals surface area (Å²) in [7, 11) is -3.41. The normalized spacial score (nSPS) is 17.0. The average molecular weight is 354 g/mol. The first-order chi connectivity index (χ1) is 9.46. The Bertz CT molecular complexity index is 554. The molecule has 0 spiro atoms. The van der Waals surface area contributed by atoms with Gasteiger partial charge >= 0.3 is 0 Å². The number of nitrogens with one attached hydrogen (secondary N) is 1. The number of hydrogen-bond acceptors (Lipinski definition) is 5. The molecule has 5 nitrogen and oxygen atoms in total. The van der Waals surface area contributed by atoms with E-state index in [1.165, 1.54) is 11.3 Å². The van der Waals surface area contributed by atoms with Gasteiger partial charge in [0.2, 0.25) is 0 Å². The van der Waals surface area contributed by atoms with Gasteiger partial charge in [0.15, 0.2) is 4.21 Å². The predicted molar refractivity (Wildman–Crippen MR) is 88.9 cm³/mol. The van der Waals surface area contributed by atoms with Gasteiger partial charge in [0.1, 0.15) is 0 Å². The van der Waals surface area contributed by atoms with Crippen LogP contribution in [0.5, 0.6) is 0 Å². The smallest absolute Gasteiger partial charge is 0.254 e. The van der Waals surface area contributed by atoms with Crippen LogP contribution in [0.25, 0.3) is 0 Å². The molecule has 0 amide bonds. The van der Waals surface area contributed by atoms with Crippen molar-refractivity contribution < 1.29 is 8.42 Å². The standard InChI is InChI=1S/C13H23N3O2S2.ClH/c1-4-9-16(12-5-7-14-8-6-12)20(17,18)13-10(2)15-11(3)19-13;/h12,14H,4-9H2,1-3H3;1H. The summed E-state index contributed by atoms with van der Waals surface area (Å²) in [5, 5.41) is 4.10. The third-order valence-corrected chi connectivity index (χ3v) is 7.18. The Morgan fingerprint density at radius 1 is 1.33 bits per heavy atom. The number of piperidine rings is 1. The Labute approximate surface area is 137 Å². The van der Waals surface area contributed by atoms with E-state index >= 15 is 0 Å². The molecule has 8 heteroatoms. The van der Waals surface area contributed by atoms with E-state index in [1.807, 2.05) is 13.8 Å². The number of rotatable bonds is 5. The minimum absolute atomic E-state index is 0. The maximum Gasteiger partial charge on any atom is 0.254 e. The lowest BCUT2D eigenvalue weighted by Gasteiger charge is -2.33. The lowest BCUT2D eigenvalue weighted by molar-refractivity contribution is 0.262. The van der Waals surface area contributed by atoms with Gasteiger partial charge in [-0.05, 0) is 46.2 Å². The van der Waals surface area contributed by atoms with Gasteiger partial charge in [-0.3, -0.25) is 0 Å². The summed E-state index contributed by atoms with van der Waals surface area (Å²) >= 11 is 1.28. The molecule has 0 aromatic carbocycles. The van der Waals surface area contributed by atoms with Crippen LogP contribution in [0.15, 0.2) is 4.21 Å². The third kappa shape index (κ3) is 4.16. The fourth-order valence-corrected chi connectivity index (χ4v) is 6.05. The Kier molecular flexibility index (Phi) is 7.06. The summed E-state index contributed by atoms with van der Waals surface area (Å²) in [5.74, 6) is 0. The lowest BCUT2D eigenvalue weighted by Crippen LogP contribution is -2.46. The van der Waals surface area contributed by atoms with E-state index in [9.17, 15) is 8.42 Å². The van der Waals surface area contributed by atoms with Gasteiger partial charge in [-0.25, -0.2) is 13.4 Å². The molecule has 1 aliphatic rings. The van der Waals surface area contributed by atoms with Crippen molar-refractivity contribution in [2.24, 2.45) is 0 Å². The van der Waals surface area contributed by atoms with Crippen molar-refractivity contribution in [3.8, 4) is 0 Å². The van der Waals surface area contributed by atoms with Gasteiger partial charge in [0, 0.05) is 12.6 Å². The molecule has 2 rings (SSSR count). The summed E-state index contributed by atoms with van der Waals surface area (Å²) in [6.07, 6.45) is 2.60. The monoisotopic (exact) mass is 353 g/mol. The largest absolute Gasteiger partial charge is 0.317 e. The second kappa shape index (κ2) is 7.87. The van der Waals surface area contributed by atoms with Crippen molar-refractivity contribution in [2.75, 3.05) is 19.6 Å². The van der Waals surface area contributed by atoms with Crippen LogP contribution in [-0.2, 0) is 10.0 Å². The molecule has 0 saturated carbocycles. The van der Waals surface area contributed by atoms with Crippen molar-refractivity contribution in [3.05, 3.63) is 10.7 Å². The van der Waals surface area contributed by atoms with Gasteiger partial charge in [-0.2, -0.15) is 4.31 Å². The molecule has 0 unspecified atom stereocenters. The molecule has 0 aliphatic carbocycles. The molecule has 0 atom stereocenters. The molecule has 1 aromatic heterocycles. The van der Waals surface area contributed by atoms with E-state index < -0.39 is 10.0 Å². The molecular formula is C13H24ClN3O2S2. The van der Waals surface area contributed by atoms with Crippen LogP contribution in [0.4, 0.5) is 0 Å². The number of hydrogen-bond donors (Lipinski definition) is 1. The van der Waals surface area contributed by atoms with Crippen molar-refractivity contribution in [1.29, 1.82) is 0 Å². The highest BCUT2D eigenvalue weighted by atomic mass is 35.5. The van der Waals surface area contributed by atoms with Crippen LogP contribution in [0.2, 0.25) is 0 Å². The highest BCUT2D eigenvalue weighted by molar-refractivity contribution is 7.91. The highest BCUT2D eigenvalue weighted by Gasteiger charge is 2.34. The molecular weight excluding hydrogens is 330 g/mol. The van der Waals surface area contributed by atoms with Gasteiger partial charge in [-0.15, -0.1) is 23.7 Å². The van der Waals surface area contributed by atoms with Gasteiger partial charge in [0.05, 0.1) is 10.7 Å². The van der Waals surface area contributed by atoms with E-state index in [0.717, 1.165) is 37.4 Å². The molecule has 0 radical (unpaired) electrons. The summed E-state index contributed by atoms with van der Waals surface area (Å²) in [5.41, 5.74) is 0.627. The second-order valence-corrected chi connectivity index (χ2v) is 8.49. The zero-order valence-corrected chi connectivity index (χ0v) is 15.2. The molecule has 1 fully saturated rings. The van der Waals surface area contributed by atoms with Crippen molar-refractivity contribution >= 4 is 33.8 Å². The molecule has 1 N–H and O–H groups in total. The van der Waals surface area contributed by atoms with E-state index in [0.29, 0.717) is 16.4 Å². The average Bonchev–Trinajstić information content (AvgIpc) is 2.76. The minimum Gasteiger partial charge on any atom is -0.317 e. The third-order valence-electron chi connectivity index (χ3n) is 3.56. The van der Waals surface area contributed by atoms with E-state index in [2.05, 4.69) is 10.3 Å². The second-order valence-electron chi connectivity index (χ2n) is 5.20. The maximum absolute atomic E-state index is 12.9. The van der Waals surface area contributed by atoms with E-state index in [1.54, 1.807) is 11.2 Å². The van der Waals surface area contributed by atoms with Gasteiger partial charge < -0.3 is 5.32 Å². The van der Waals surface area contributed by atoms with E-state index in [4.69, 9.17) is 0 Å². The molecule has 0 bridgehead atoms. The summed E-state index contributed by atoms with van der Waals surface area (Å²) in [6.45, 7) is 8.02. The Balaban J connectivity index is 0.00000220. The first kappa shape index (κ1) is 18.8. The maximum atomic E-state index is 12.9. The molecule has 1 aliphatic heterocycles. The Hall–Kier alpha value is -0.210. The highest BCUT2D eigenvalue weighted by Crippen LogP contribution is 2.29. The zero-order valence-electron chi connectivity index (χ0n) is 12.8. The number of thiazole rings is 1. The predicted octanol–water partition coefficient (Wildman–Crippen LogP) is 2.33. The topological polar surface area (TPSA) is 62.3 Å². The SMILES string of the molecule is CCCN(C1CCNCC1)S(=O)(=O)c1sc(C)nc1C.Cl. The summed E-state index contributed by atoms with van der Waals surface area (Å²) < 4.78 is 28.0. The first-order valence-electron chi connectivity index (χ1n) is 7.13. The lowest BCUT2D eigenvalue weighted by atomic mass is 10.1. The van der Waals surface area contributed by atoms with Gasteiger partial charge in [-0.1, -0.05) is 6.92 Å². The van der Waals surface area contributed by atoms with Crippen molar-refractivity contribution in [3.63, 3.8) is 0 Å². The number of nitrogens with zero attached hydrogens (tertiary/aromatic N) is 2. The zero-order chi connectivity index (χ0) is 14.8. The van der Waals surface area contributed by atoms with Crippen LogP contribution in [0.1, 0.15) is 36.9 Å². The minimum atomic E-state index is -3.41. The number of sulfonamides is 1. The quantitative estimate of drug-likeness (QED) is 0.882. The van der Waals surface area contributed by atoms with Crippen LogP contribution < -0.4 is 5.32 Å². The number of halogens is 1. The van der Waals surface area contributed by atoms with E-state index in [-0.39, 0.29) is 18.4 Å². The van der Waals surface area contributed by atoms with Crippen LogP contribution in [-0.4, -0.2) is 43.4 Å². The van der Waals surface area contributed by atoms with Crippen LogP contribution >= 0.6 is 23.7 Å². The Morgan fingerprint density at radius 3 is 2.43 bits per heavy atom. The summed E-state index contributed by atoms with van der Waals surface area (Å²) in [4.78, 5) is 4.27. The molecule has 122 valence electrons. The van der Waals surface area contributed by atoms with Crippen molar-refractivity contribution in [1.82, 2.24) is 14.6 Å². The van der Waals surface area contributed by atoms with Gasteiger partial charge in [0.25, 0.3) is 10.0 Å².